The van der Waals surface area contributed by atoms with Gasteiger partial charge >= 0.3 is 0 Å². The van der Waals surface area contributed by atoms with E-state index in [2.05, 4.69) is 5.32 Å². The molecule has 168 valence electrons. The average molecular weight is 485 g/mol. The summed E-state index contributed by atoms with van der Waals surface area (Å²) in [6.45, 7) is 4.38. The number of benzene rings is 2. The lowest BCUT2D eigenvalue weighted by atomic mass is 9.98. The lowest BCUT2D eigenvalue weighted by molar-refractivity contribution is -0.120. The van der Waals surface area contributed by atoms with Gasteiger partial charge in [0.15, 0.2) is 0 Å². The van der Waals surface area contributed by atoms with Crippen molar-refractivity contribution >= 4 is 44.8 Å². The van der Waals surface area contributed by atoms with Gasteiger partial charge in [0.05, 0.1) is 17.8 Å². The zero-order valence-electron chi connectivity index (χ0n) is 17.5. The number of hydrogen-bond acceptors (Lipinski definition) is 4. The van der Waals surface area contributed by atoms with Gasteiger partial charge in [-0.2, -0.15) is 0 Å². The number of hydrogen-bond donors (Lipinski definition) is 1. The molecule has 0 bridgehead atoms. The van der Waals surface area contributed by atoms with E-state index in [1.165, 1.54) is 10.4 Å². The zero-order valence-corrected chi connectivity index (χ0v) is 19.8. The van der Waals surface area contributed by atoms with Crippen LogP contribution in [0.3, 0.4) is 0 Å². The van der Waals surface area contributed by atoms with Gasteiger partial charge in [0.1, 0.15) is 5.75 Å². The van der Waals surface area contributed by atoms with E-state index in [-0.39, 0.29) is 24.3 Å². The van der Waals surface area contributed by atoms with Gasteiger partial charge in [-0.3, -0.25) is 4.79 Å². The number of rotatable bonds is 7. The van der Waals surface area contributed by atoms with Gasteiger partial charge in [-0.15, -0.1) is 0 Å². The number of nitrogens with one attached hydrogen (secondary N) is 1. The molecule has 1 unspecified atom stereocenters. The molecule has 3 rings (SSSR count). The van der Waals surface area contributed by atoms with E-state index in [1.54, 1.807) is 30.3 Å². The summed E-state index contributed by atoms with van der Waals surface area (Å²) in [7, 11) is -3.63. The molecule has 1 heterocycles. The van der Waals surface area contributed by atoms with Crippen LogP contribution in [0.1, 0.15) is 32.3 Å². The van der Waals surface area contributed by atoms with Crippen LogP contribution < -0.4 is 10.1 Å². The summed E-state index contributed by atoms with van der Waals surface area (Å²) in [6, 6.07) is 11.9. The highest BCUT2D eigenvalue weighted by Gasteiger charge is 2.32. The molecule has 0 aromatic heterocycles. The molecular formula is C22H26Cl2N2O4S. The van der Waals surface area contributed by atoms with Gasteiger partial charge in [-0.25, -0.2) is 12.7 Å². The Hall–Kier alpha value is -1.80. The molecule has 1 fully saturated rings. The lowest BCUT2D eigenvalue weighted by Gasteiger charge is -2.31. The summed E-state index contributed by atoms with van der Waals surface area (Å²) < 4.78 is 32.9. The van der Waals surface area contributed by atoms with Crippen molar-refractivity contribution in [2.24, 2.45) is 5.92 Å². The summed E-state index contributed by atoms with van der Waals surface area (Å²) in [5.41, 5.74) is 1.11. The fourth-order valence-electron chi connectivity index (χ4n) is 3.50. The number of nitrogens with zero attached hydrogens (tertiary/aromatic N) is 1. The smallest absolute Gasteiger partial charge is 0.228 e. The largest absolute Gasteiger partial charge is 0.491 e. The SMILES string of the molecule is CC(C)Oc1cccc(NC(=O)C2CCCN(S(=O)(=O)Cc3ccc(Cl)cc3Cl)C2)c1. The predicted octanol–water partition coefficient (Wildman–Crippen LogP) is 4.96. The van der Waals surface area contributed by atoms with Crippen molar-refractivity contribution in [1.29, 1.82) is 0 Å². The van der Waals surface area contributed by atoms with Crippen LogP contribution in [-0.2, 0) is 20.6 Å². The molecule has 1 N–H and O–H groups in total. The number of ether oxygens (including phenoxy) is 1. The monoisotopic (exact) mass is 484 g/mol. The summed E-state index contributed by atoms with van der Waals surface area (Å²) >= 11 is 12.0. The van der Waals surface area contributed by atoms with Gasteiger partial charge in [-0.05, 0) is 56.5 Å². The fourth-order valence-corrected chi connectivity index (χ4v) is 5.70. The number of halogens is 2. The van der Waals surface area contributed by atoms with E-state index < -0.39 is 15.9 Å². The van der Waals surface area contributed by atoms with E-state index in [0.717, 1.165) is 0 Å². The first-order valence-corrected chi connectivity index (χ1v) is 12.5. The standard InChI is InChI=1S/C22H26Cl2N2O4S/c1-15(2)30-20-7-3-6-19(12-20)25-22(27)16-5-4-10-26(13-16)31(28,29)14-17-8-9-18(23)11-21(17)24/h3,6-9,11-12,15-16H,4-5,10,13-14H2,1-2H3,(H,25,27). The Balaban J connectivity index is 1.66. The van der Waals surface area contributed by atoms with Crippen LogP contribution in [0, 0.1) is 5.92 Å². The maximum Gasteiger partial charge on any atom is 0.228 e. The Kier molecular flexibility index (Phi) is 7.86. The summed E-state index contributed by atoms with van der Waals surface area (Å²) in [5.74, 6) is -0.197. The van der Waals surface area contributed by atoms with E-state index in [0.29, 0.717) is 46.4 Å². The average Bonchev–Trinajstić information content (AvgIpc) is 2.70. The molecule has 0 aliphatic carbocycles. The minimum Gasteiger partial charge on any atom is -0.491 e. The molecule has 31 heavy (non-hydrogen) atoms. The van der Waals surface area contributed by atoms with Gasteiger partial charge in [0.2, 0.25) is 15.9 Å². The highest BCUT2D eigenvalue weighted by Crippen LogP contribution is 2.27. The van der Waals surface area contributed by atoms with Crippen LogP contribution in [-0.4, -0.2) is 37.8 Å². The molecule has 2 aromatic rings. The molecule has 0 saturated carbocycles. The summed E-state index contributed by atoms with van der Waals surface area (Å²) in [4.78, 5) is 12.8. The second-order valence-electron chi connectivity index (χ2n) is 7.87. The number of piperidine rings is 1. The van der Waals surface area contributed by atoms with Crippen molar-refractivity contribution in [3.8, 4) is 5.75 Å². The number of carbonyl (C=O) groups is 1. The molecule has 1 atom stereocenters. The quantitative estimate of drug-likeness (QED) is 0.602. The van der Waals surface area contributed by atoms with Gasteiger partial charge in [0.25, 0.3) is 0 Å². The van der Waals surface area contributed by atoms with Crippen molar-refractivity contribution in [1.82, 2.24) is 4.31 Å². The van der Waals surface area contributed by atoms with Crippen LogP contribution in [0.15, 0.2) is 42.5 Å². The first-order chi connectivity index (χ1) is 14.6. The molecule has 6 nitrogen and oxygen atoms in total. The van der Waals surface area contributed by atoms with Crippen LogP contribution in [0.4, 0.5) is 5.69 Å². The van der Waals surface area contributed by atoms with Crippen molar-refractivity contribution in [3.63, 3.8) is 0 Å². The number of sulfonamides is 1. The maximum atomic E-state index is 13.0. The first-order valence-electron chi connectivity index (χ1n) is 10.1. The van der Waals surface area contributed by atoms with E-state index in [9.17, 15) is 13.2 Å². The van der Waals surface area contributed by atoms with Crippen molar-refractivity contribution in [3.05, 3.63) is 58.1 Å². The topological polar surface area (TPSA) is 75.7 Å². The van der Waals surface area contributed by atoms with Crippen molar-refractivity contribution < 1.29 is 17.9 Å². The van der Waals surface area contributed by atoms with E-state index >= 15 is 0 Å². The molecule has 1 aliphatic rings. The molecule has 1 aliphatic heterocycles. The van der Waals surface area contributed by atoms with Crippen LogP contribution in [0.25, 0.3) is 0 Å². The van der Waals surface area contributed by atoms with Crippen LogP contribution in [0.5, 0.6) is 5.75 Å². The maximum absolute atomic E-state index is 13.0. The Labute approximate surface area is 193 Å². The third kappa shape index (κ3) is 6.59. The minimum absolute atomic E-state index is 0.0252. The Morgan fingerprint density at radius 1 is 1.23 bits per heavy atom. The number of anilines is 1. The molecule has 2 aromatic carbocycles. The molecule has 1 saturated heterocycles. The lowest BCUT2D eigenvalue weighted by Crippen LogP contribution is -2.44. The zero-order chi connectivity index (χ0) is 22.6. The van der Waals surface area contributed by atoms with Crippen LogP contribution in [0.2, 0.25) is 10.0 Å². The van der Waals surface area contributed by atoms with Crippen LogP contribution >= 0.6 is 23.2 Å². The highest BCUT2D eigenvalue weighted by atomic mass is 35.5. The molecule has 1 amide bonds. The predicted molar refractivity (Wildman–Crippen MR) is 124 cm³/mol. The second-order valence-corrected chi connectivity index (χ2v) is 10.7. The summed E-state index contributed by atoms with van der Waals surface area (Å²) in [6.07, 6.45) is 1.27. The summed E-state index contributed by atoms with van der Waals surface area (Å²) in [5, 5.41) is 3.65. The Morgan fingerprint density at radius 3 is 2.71 bits per heavy atom. The highest BCUT2D eigenvalue weighted by molar-refractivity contribution is 7.88. The van der Waals surface area contributed by atoms with Gasteiger partial charge < -0.3 is 10.1 Å². The molecular weight excluding hydrogens is 459 g/mol. The van der Waals surface area contributed by atoms with Gasteiger partial charge in [0, 0.05) is 34.9 Å². The number of carbonyl (C=O) groups excluding carboxylic acids is 1. The van der Waals surface area contributed by atoms with Crippen molar-refractivity contribution in [2.75, 3.05) is 18.4 Å². The molecule has 0 radical (unpaired) electrons. The third-order valence-corrected chi connectivity index (χ3v) is 7.36. The molecule has 9 heteroatoms. The first kappa shape index (κ1) is 23.9. The molecule has 0 spiro atoms. The fraction of sp³-hybridized carbons (Fsp3) is 0.409. The van der Waals surface area contributed by atoms with Gasteiger partial charge in [-0.1, -0.05) is 35.3 Å². The third-order valence-electron chi connectivity index (χ3n) is 4.97. The normalized spacial score (nSPS) is 17.5. The second kappa shape index (κ2) is 10.2. The minimum atomic E-state index is -3.63. The Morgan fingerprint density at radius 2 is 2.00 bits per heavy atom. The Bertz CT molecular complexity index is 1040. The van der Waals surface area contributed by atoms with E-state index in [1.807, 2.05) is 19.9 Å². The number of amides is 1. The van der Waals surface area contributed by atoms with Crippen molar-refractivity contribution in [2.45, 2.75) is 38.5 Å². The van der Waals surface area contributed by atoms with E-state index in [4.69, 9.17) is 27.9 Å².